The van der Waals surface area contributed by atoms with Crippen LogP contribution in [0.15, 0.2) is 36.4 Å². The first-order valence-electron chi connectivity index (χ1n) is 3.60. The van der Waals surface area contributed by atoms with Crippen LogP contribution in [0.3, 0.4) is 0 Å². The highest BCUT2D eigenvalue weighted by Crippen LogP contribution is 2.18. The lowest BCUT2D eigenvalue weighted by Crippen LogP contribution is -1.77. The minimum absolute atomic E-state index is 0.176. The molecule has 2 heteroatoms. The van der Waals surface area contributed by atoms with Gasteiger partial charge in [0, 0.05) is 3.57 Å². The zero-order valence-corrected chi connectivity index (χ0v) is 8.38. The zero-order valence-electron chi connectivity index (χ0n) is 6.22. The Hall–Kier alpha value is -0.640. The average molecular weight is 272 g/mol. The van der Waals surface area contributed by atoms with Crippen molar-refractivity contribution in [2.75, 3.05) is 0 Å². The fourth-order valence-corrected chi connectivity index (χ4v) is 1.70. The normalized spacial score (nSPS) is 10.5. The van der Waals surface area contributed by atoms with Gasteiger partial charge >= 0.3 is 0 Å². The minimum Gasteiger partial charge on any atom is -0.207 e. The maximum Gasteiger partial charge on any atom is 0.123 e. The maximum atomic E-state index is 12.8. The molecule has 0 atom stereocenters. The molecule has 60 valence electrons. The van der Waals surface area contributed by atoms with E-state index in [2.05, 4.69) is 22.6 Å². The van der Waals surface area contributed by atoms with Crippen LogP contribution < -0.4 is 0 Å². The van der Waals surface area contributed by atoms with Crippen LogP contribution >= 0.6 is 22.6 Å². The number of rotatable bonds is 0. The van der Waals surface area contributed by atoms with E-state index in [1.54, 1.807) is 12.1 Å². The van der Waals surface area contributed by atoms with Gasteiger partial charge in [0.15, 0.2) is 0 Å². The molecule has 0 aromatic heterocycles. The molecule has 2 aromatic carbocycles. The van der Waals surface area contributed by atoms with Crippen molar-refractivity contribution in [3.05, 3.63) is 45.8 Å². The largest absolute Gasteiger partial charge is 0.207 e. The van der Waals surface area contributed by atoms with E-state index in [0.29, 0.717) is 0 Å². The standard InChI is InChI=1S/C10H6FI/c11-9-3-1-7-2-4-10(12)6-8(7)5-9/h1-6H. The van der Waals surface area contributed by atoms with Crippen molar-refractivity contribution in [1.29, 1.82) is 0 Å². The van der Waals surface area contributed by atoms with Crippen LogP contribution in [0.1, 0.15) is 0 Å². The van der Waals surface area contributed by atoms with E-state index in [1.807, 2.05) is 18.2 Å². The molecule has 0 N–H and O–H groups in total. The monoisotopic (exact) mass is 272 g/mol. The van der Waals surface area contributed by atoms with Crippen LogP contribution in [-0.2, 0) is 0 Å². The third-order valence-corrected chi connectivity index (χ3v) is 2.44. The van der Waals surface area contributed by atoms with Crippen molar-refractivity contribution in [3.63, 3.8) is 0 Å². The molecule has 0 aliphatic heterocycles. The van der Waals surface area contributed by atoms with Gasteiger partial charge in [0.25, 0.3) is 0 Å². The van der Waals surface area contributed by atoms with Crippen LogP contribution in [0.25, 0.3) is 10.8 Å². The Balaban J connectivity index is 2.80. The Morgan fingerprint density at radius 2 is 1.67 bits per heavy atom. The molecule has 2 aromatic rings. The molecule has 0 nitrogen and oxygen atoms in total. The molecule has 0 bridgehead atoms. The second kappa shape index (κ2) is 3.01. The molecule has 0 unspecified atom stereocenters. The summed E-state index contributed by atoms with van der Waals surface area (Å²) in [6, 6.07) is 10.8. The summed E-state index contributed by atoms with van der Waals surface area (Å²) in [6.07, 6.45) is 0. The second-order valence-corrected chi connectivity index (χ2v) is 3.88. The van der Waals surface area contributed by atoms with Gasteiger partial charge in [-0.3, -0.25) is 0 Å². The van der Waals surface area contributed by atoms with E-state index < -0.39 is 0 Å². The molecule has 0 saturated carbocycles. The van der Waals surface area contributed by atoms with Crippen LogP contribution in [0.2, 0.25) is 0 Å². The first kappa shape index (κ1) is 7.98. The van der Waals surface area contributed by atoms with Gasteiger partial charge in [-0.25, -0.2) is 4.39 Å². The Morgan fingerprint density at radius 3 is 2.50 bits per heavy atom. The van der Waals surface area contributed by atoms with Gasteiger partial charge in [0.1, 0.15) is 5.82 Å². The van der Waals surface area contributed by atoms with Crippen molar-refractivity contribution in [1.82, 2.24) is 0 Å². The van der Waals surface area contributed by atoms with Gasteiger partial charge < -0.3 is 0 Å². The van der Waals surface area contributed by atoms with E-state index in [0.717, 1.165) is 14.3 Å². The Labute approximate surface area is 83.5 Å². The van der Waals surface area contributed by atoms with Crippen molar-refractivity contribution < 1.29 is 4.39 Å². The predicted octanol–water partition coefficient (Wildman–Crippen LogP) is 3.58. The van der Waals surface area contributed by atoms with Gasteiger partial charge in [-0.1, -0.05) is 12.1 Å². The number of benzene rings is 2. The predicted molar refractivity (Wildman–Crippen MR) is 56.6 cm³/mol. The third-order valence-electron chi connectivity index (χ3n) is 1.76. The molecule has 2 rings (SSSR count). The highest BCUT2D eigenvalue weighted by atomic mass is 127. The summed E-state index contributed by atoms with van der Waals surface area (Å²) < 4.78 is 13.9. The van der Waals surface area contributed by atoms with Gasteiger partial charge in [-0.05, 0) is 57.6 Å². The fourth-order valence-electron chi connectivity index (χ4n) is 1.19. The van der Waals surface area contributed by atoms with Crippen LogP contribution in [0.4, 0.5) is 4.39 Å². The van der Waals surface area contributed by atoms with E-state index in [1.165, 1.54) is 6.07 Å². The molecule has 12 heavy (non-hydrogen) atoms. The summed E-state index contributed by atoms with van der Waals surface area (Å²) in [5, 5.41) is 2.04. The first-order chi connectivity index (χ1) is 5.75. The number of fused-ring (bicyclic) bond motifs is 1. The number of hydrogen-bond acceptors (Lipinski definition) is 0. The molecule has 0 aliphatic rings. The number of halogens is 2. The van der Waals surface area contributed by atoms with Crippen molar-refractivity contribution in [2.24, 2.45) is 0 Å². The van der Waals surface area contributed by atoms with E-state index in [-0.39, 0.29) is 5.82 Å². The zero-order chi connectivity index (χ0) is 8.55. The SMILES string of the molecule is Fc1ccc2ccc(I)cc2c1. The molecular formula is C10H6FI. The molecule has 0 fully saturated rings. The van der Waals surface area contributed by atoms with Gasteiger partial charge in [0.2, 0.25) is 0 Å². The van der Waals surface area contributed by atoms with E-state index >= 15 is 0 Å². The van der Waals surface area contributed by atoms with E-state index in [9.17, 15) is 4.39 Å². The van der Waals surface area contributed by atoms with Gasteiger partial charge in [0.05, 0.1) is 0 Å². The van der Waals surface area contributed by atoms with E-state index in [4.69, 9.17) is 0 Å². The van der Waals surface area contributed by atoms with Crippen LogP contribution in [0.5, 0.6) is 0 Å². The molecule has 0 aliphatic carbocycles. The Bertz CT molecular complexity index is 386. The lowest BCUT2D eigenvalue weighted by molar-refractivity contribution is 0.630. The summed E-state index contributed by atoms with van der Waals surface area (Å²) in [5.41, 5.74) is 0. The lowest BCUT2D eigenvalue weighted by Gasteiger charge is -1.97. The highest BCUT2D eigenvalue weighted by molar-refractivity contribution is 14.1. The van der Waals surface area contributed by atoms with Crippen LogP contribution in [-0.4, -0.2) is 0 Å². The Kier molecular flexibility index (Phi) is 2.00. The third kappa shape index (κ3) is 1.43. The van der Waals surface area contributed by atoms with Gasteiger partial charge in [-0.15, -0.1) is 0 Å². The second-order valence-electron chi connectivity index (χ2n) is 2.64. The highest BCUT2D eigenvalue weighted by Gasteiger charge is 1.95. The first-order valence-corrected chi connectivity index (χ1v) is 4.68. The molecule has 0 saturated heterocycles. The van der Waals surface area contributed by atoms with Crippen molar-refractivity contribution in [2.45, 2.75) is 0 Å². The summed E-state index contributed by atoms with van der Waals surface area (Å²) in [6.45, 7) is 0. The molecular weight excluding hydrogens is 266 g/mol. The molecule has 0 amide bonds. The Morgan fingerprint density at radius 1 is 0.917 bits per heavy atom. The van der Waals surface area contributed by atoms with Gasteiger partial charge in [-0.2, -0.15) is 0 Å². The summed E-state index contributed by atoms with van der Waals surface area (Å²) in [7, 11) is 0. The summed E-state index contributed by atoms with van der Waals surface area (Å²) >= 11 is 2.22. The quantitative estimate of drug-likeness (QED) is 0.643. The van der Waals surface area contributed by atoms with Crippen molar-refractivity contribution in [3.8, 4) is 0 Å². The lowest BCUT2D eigenvalue weighted by atomic mass is 10.1. The topological polar surface area (TPSA) is 0 Å². The number of hydrogen-bond donors (Lipinski definition) is 0. The molecule has 0 radical (unpaired) electrons. The smallest absolute Gasteiger partial charge is 0.123 e. The maximum absolute atomic E-state index is 12.8. The minimum atomic E-state index is -0.176. The van der Waals surface area contributed by atoms with Crippen molar-refractivity contribution >= 4 is 33.4 Å². The fraction of sp³-hybridized carbons (Fsp3) is 0. The molecule has 0 heterocycles. The average Bonchev–Trinajstić information content (AvgIpc) is 2.03. The summed E-state index contributed by atoms with van der Waals surface area (Å²) in [5.74, 6) is -0.176. The summed E-state index contributed by atoms with van der Waals surface area (Å²) in [4.78, 5) is 0. The molecule has 0 spiro atoms. The van der Waals surface area contributed by atoms with Crippen LogP contribution in [0, 0.1) is 9.39 Å².